The standard InChI is InChI=1S/C19H21F3N6O/c1-27-14(9-10-23-27)18(29)25-13-7-5-12(6-8-13)24-16-3-2-4-17-26-15(11-28(16)17)19(20,21)22/h2-4,9-13,24H,5-8H2,1H3,(H,25,29)/t12-,13+. The topological polar surface area (TPSA) is 76.2 Å². The number of pyridine rings is 1. The number of fused-ring (bicyclic) bond motifs is 1. The lowest BCUT2D eigenvalue weighted by Gasteiger charge is -2.30. The monoisotopic (exact) mass is 406 g/mol. The fourth-order valence-corrected chi connectivity index (χ4v) is 3.71. The maximum absolute atomic E-state index is 13.0. The van der Waals surface area contributed by atoms with Crippen molar-refractivity contribution >= 4 is 17.4 Å². The number of aromatic nitrogens is 4. The molecule has 1 amide bonds. The lowest BCUT2D eigenvalue weighted by atomic mass is 9.91. The van der Waals surface area contributed by atoms with Crippen LogP contribution in [0.4, 0.5) is 19.0 Å². The molecule has 1 saturated carbocycles. The van der Waals surface area contributed by atoms with Crippen LogP contribution in [0.3, 0.4) is 0 Å². The van der Waals surface area contributed by atoms with Gasteiger partial charge in [0.15, 0.2) is 5.69 Å². The number of halogens is 3. The first-order chi connectivity index (χ1) is 13.8. The molecule has 3 heterocycles. The summed E-state index contributed by atoms with van der Waals surface area (Å²) < 4.78 is 41.8. The molecule has 3 aromatic heterocycles. The van der Waals surface area contributed by atoms with Crippen LogP contribution >= 0.6 is 0 Å². The summed E-state index contributed by atoms with van der Waals surface area (Å²) >= 11 is 0. The fraction of sp³-hybridized carbons (Fsp3) is 0.421. The van der Waals surface area contributed by atoms with E-state index >= 15 is 0 Å². The van der Waals surface area contributed by atoms with E-state index in [0.29, 0.717) is 11.5 Å². The van der Waals surface area contributed by atoms with Crippen LogP contribution in [0, 0.1) is 0 Å². The molecule has 0 atom stereocenters. The number of carbonyl (C=O) groups excluding carboxylic acids is 1. The van der Waals surface area contributed by atoms with Crippen molar-refractivity contribution in [1.82, 2.24) is 24.5 Å². The van der Waals surface area contributed by atoms with Crippen LogP contribution in [-0.4, -0.2) is 37.2 Å². The molecule has 7 nitrogen and oxygen atoms in total. The second-order valence-corrected chi connectivity index (χ2v) is 7.27. The van der Waals surface area contributed by atoms with Crippen LogP contribution in [0.2, 0.25) is 0 Å². The first-order valence-electron chi connectivity index (χ1n) is 9.42. The molecule has 3 aromatic rings. The van der Waals surface area contributed by atoms with Crippen LogP contribution in [0.5, 0.6) is 0 Å². The van der Waals surface area contributed by atoms with E-state index in [2.05, 4.69) is 20.7 Å². The molecule has 0 bridgehead atoms. The summed E-state index contributed by atoms with van der Waals surface area (Å²) in [6.45, 7) is 0. The SMILES string of the molecule is Cn1nccc1C(=O)N[C@H]1CC[C@@H](Nc2cccc3nc(C(F)(F)F)cn23)CC1. The highest BCUT2D eigenvalue weighted by atomic mass is 19.4. The highest BCUT2D eigenvalue weighted by Gasteiger charge is 2.34. The van der Waals surface area contributed by atoms with Crippen LogP contribution in [0.1, 0.15) is 41.9 Å². The van der Waals surface area contributed by atoms with E-state index in [1.54, 1.807) is 37.5 Å². The third kappa shape index (κ3) is 4.06. The van der Waals surface area contributed by atoms with Gasteiger partial charge in [0.1, 0.15) is 17.2 Å². The summed E-state index contributed by atoms with van der Waals surface area (Å²) in [6.07, 6.45) is 1.28. The van der Waals surface area contributed by atoms with E-state index in [1.165, 1.54) is 9.08 Å². The molecule has 0 spiro atoms. The number of rotatable bonds is 4. The molecule has 10 heteroatoms. The number of carbonyl (C=O) groups is 1. The summed E-state index contributed by atoms with van der Waals surface area (Å²) in [5.41, 5.74) is -0.148. The highest BCUT2D eigenvalue weighted by molar-refractivity contribution is 5.92. The van der Waals surface area contributed by atoms with Crippen molar-refractivity contribution < 1.29 is 18.0 Å². The Morgan fingerprint density at radius 3 is 2.52 bits per heavy atom. The molecule has 0 aliphatic heterocycles. The zero-order chi connectivity index (χ0) is 20.6. The number of aryl methyl sites for hydroxylation is 1. The molecule has 0 unspecified atom stereocenters. The van der Waals surface area contributed by atoms with Gasteiger partial charge in [0.25, 0.3) is 5.91 Å². The second kappa shape index (κ2) is 7.41. The summed E-state index contributed by atoms with van der Waals surface area (Å²) in [7, 11) is 1.72. The first kappa shape index (κ1) is 19.3. The molecule has 1 aliphatic carbocycles. The molecule has 0 aromatic carbocycles. The van der Waals surface area contributed by atoms with Gasteiger partial charge in [-0.3, -0.25) is 13.9 Å². The molecule has 0 saturated heterocycles. The van der Waals surface area contributed by atoms with Gasteiger partial charge >= 0.3 is 6.18 Å². The number of anilines is 1. The fourth-order valence-electron chi connectivity index (χ4n) is 3.71. The normalized spacial score (nSPS) is 20.0. The van der Waals surface area contributed by atoms with E-state index in [9.17, 15) is 18.0 Å². The predicted molar refractivity (Wildman–Crippen MR) is 101 cm³/mol. The Hall–Kier alpha value is -3.04. The third-order valence-electron chi connectivity index (χ3n) is 5.25. The Morgan fingerprint density at radius 1 is 1.14 bits per heavy atom. The minimum Gasteiger partial charge on any atom is -0.368 e. The molecule has 1 fully saturated rings. The summed E-state index contributed by atoms with van der Waals surface area (Å²) in [5, 5.41) is 10.4. The molecule has 0 radical (unpaired) electrons. The molecule has 2 N–H and O–H groups in total. The average molecular weight is 406 g/mol. The Bertz CT molecular complexity index is 1020. The van der Waals surface area contributed by atoms with Crippen LogP contribution in [0.25, 0.3) is 5.65 Å². The van der Waals surface area contributed by atoms with E-state index in [-0.39, 0.29) is 23.6 Å². The van der Waals surface area contributed by atoms with Crippen molar-refractivity contribution in [3.05, 3.63) is 48.0 Å². The lowest BCUT2D eigenvalue weighted by molar-refractivity contribution is -0.140. The predicted octanol–water partition coefficient (Wildman–Crippen LogP) is 3.24. The van der Waals surface area contributed by atoms with Crippen molar-refractivity contribution in [2.24, 2.45) is 7.05 Å². The Balaban J connectivity index is 1.38. The molecule has 1 aliphatic rings. The van der Waals surface area contributed by atoms with Crippen LogP contribution < -0.4 is 10.6 Å². The van der Waals surface area contributed by atoms with Gasteiger partial charge in [0.05, 0.1) is 0 Å². The maximum atomic E-state index is 13.0. The van der Waals surface area contributed by atoms with E-state index in [0.717, 1.165) is 31.9 Å². The number of nitrogens with one attached hydrogen (secondary N) is 2. The number of amides is 1. The van der Waals surface area contributed by atoms with Gasteiger partial charge in [-0.25, -0.2) is 4.98 Å². The molecule has 4 rings (SSSR count). The maximum Gasteiger partial charge on any atom is 0.434 e. The molecule has 154 valence electrons. The largest absolute Gasteiger partial charge is 0.434 e. The van der Waals surface area contributed by atoms with Crippen molar-refractivity contribution in [3.8, 4) is 0 Å². The Morgan fingerprint density at radius 2 is 1.86 bits per heavy atom. The Kier molecular flexibility index (Phi) is 4.93. The highest BCUT2D eigenvalue weighted by Crippen LogP contribution is 2.30. The summed E-state index contributed by atoms with van der Waals surface area (Å²) in [5.74, 6) is 0.428. The number of hydrogen-bond acceptors (Lipinski definition) is 4. The van der Waals surface area contributed by atoms with Gasteiger partial charge in [-0.15, -0.1) is 0 Å². The van der Waals surface area contributed by atoms with Gasteiger partial charge in [0.2, 0.25) is 0 Å². The van der Waals surface area contributed by atoms with Crippen molar-refractivity contribution in [1.29, 1.82) is 0 Å². The van der Waals surface area contributed by atoms with Gasteiger partial charge in [-0.2, -0.15) is 18.3 Å². The number of hydrogen-bond donors (Lipinski definition) is 2. The summed E-state index contributed by atoms with van der Waals surface area (Å²) in [6, 6.07) is 6.82. The minimum absolute atomic E-state index is 0.0660. The van der Waals surface area contributed by atoms with E-state index < -0.39 is 11.9 Å². The molecular formula is C19H21F3N6O. The smallest absolute Gasteiger partial charge is 0.368 e. The number of nitrogens with zero attached hydrogens (tertiary/aromatic N) is 4. The van der Waals surface area contributed by atoms with E-state index in [1.807, 2.05) is 0 Å². The van der Waals surface area contributed by atoms with Crippen molar-refractivity contribution in [2.75, 3.05) is 5.32 Å². The molecule has 29 heavy (non-hydrogen) atoms. The zero-order valence-electron chi connectivity index (χ0n) is 15.8. The number of alkyl halides is 3. The lowest BCUT2D eigenvalue weighted by Crippen LogP contribution is -2.40. The Labute approximate surface area is 164 Å². The van der Waals surface area contributed by atoms with Crippen LogP contribution in [-0.2, 0) is 13.2 Å². The minimum atomic E-state index is -4.48. The number of imidazole rings is 1. The van der Waals surface area contributed by atoms with Gasteiger partial charge < -0.3 is 10.6 Å². The quantitative estimate of drug-likeness (QED) is 0.698. The first-order valence-corrected chi connectivity index (χ1v) is 9.42. The van der Waals surface area contributed by atoms with Gasteiger partial charge in [0, 0.05) is 31.5 Å². The van der Waals surface area contributed by atoms with Gasteiger partial charge in [-0.05, 0) is 43.9 Å². The molecular weight excluding hydrogens is 385 g/mol. The second-order valence-electron chi connectivity index (χ2n) is 7.27. The van der Waals surface area contributed by atoms with Gasteiger partial charge in [-0.1, -0.05) is 6.07 Å². The summed E-state index contributed by atoms with van der Waals surface area (Å²) in [4.78, 5) is 16.0. The average Bonchev–Trinajstić information content (AvgIpc) is 3.30. The van der Waals surface area contributed by atoms with Crippen molar-refractivity contribution in [2.45, 2.75) is 43.9 Å². The zero-order valence-corrected chi connectivity index (χ0v) is 15.8. The van der Waals surface area contributed by atoms with Crippen LogP contribution in [0.15, 0.2) is 36.7 Å². The van der Waals surface area contributed by atoms with Crippen molar-refractivity contribution in [3.63, 3.8) is 0 Å². The third-order valence-corrected chi connectivity index (χ3v) is 5.25. The van der Waals surface area contributed by atoms with E-state index in [4.69, 9.17) is 0 Å².